The number of nitrogens with one attached hydrogen (secondary N) is 2. The molecule has 2 atom stereocenters. The van der Waals surface area contributed by atoms with Crippen molar-refractivity contribution in [2.24, 2.45) is 11.8 Å². The Kier molecular flexibility index (Phi) is 6.21. The van der Waals surface area contributed by atoms with Crippen LogP contribution >= 0.6 is 0 Å². The Morgan fingerprint density at radius 1 is 0.708 bits per heavy atom. The summed E-state index contributed by atoms with van der Waals surface area (Å²) in [5, 5.41) is 6.23. The standard InChI is InChI=1S/C18H32N4O2/c23-17(21-8-1-2-9-21)19-13-15-6-5-7-16(12-15)14-20-18(24)22-10-3-4-11-22/h15-16H,1-14H2,(H,19,23)(H,20,24)/t15-,16-/m0/s1. The molecule has 2 aliphatic heterocycles. The molecule has 24 heavy (non-hydrogen) atoms. The number of nitrogens with zero attached hydrogens (tertiary/aromatic N) is 2. The number of likely N-dealkylation sites (tertiary alicyclic amines) is 2. The maximum Gasteiger partial charge on any atom is 0.317 e. The van der Waals surface area contributed by atoms with E-state index in [1.165, 1.54) is 19.3 Å². The van der Waals surface area contributed by atoms with Gasteiger partial charge in [-0.3, -0.25) is 0 Å². The zero-order valence-corrected chi connectivity index (χ0v) is 14.8. The summed E-state index contributed by atoms with van der Waals surface area (Å²) in [5.41, 5.74) is 0. The Morgan fingerprint density at radius 2 is 1.12 bits per heavy atom. The average Bonchev–Trinajstić information content (AvgIpc) is 3.31. The Labute approximate surface area is 145 Å². The van der Waals surface area contributed by atoms with E-state index in [2.05, 4.69) is 10.6 Å². The SMILES string of the molecule is O=C(NC[C@H]1CCC[C@H](CNC(=O)N2CCCC2)C1)N1CCCC1. The Bertz CT molecular complexity index is 393. The van der Waals surface area contributed by atoms with Crippen molar-refractivity contribution >= 4 is 12.1 Å². The van der Waals surface area contributed by atoms with Gasteiger partial charge in [0.2, 0.25) is 0 Å². The number of hydrogen-bond acceptors (Lipinski definition) is 2. The summed E-state index contributed by atoms with van der Waals surface area (Å²) in [6.07, 6.45) is 9.24. The molecule has 1 aliphatic carbocycles. The molecule has 6 heteroatoms. The second kappa shape index (κ2) is 8.58. The van der Waals surface area contributed by atoms with Gasteiger partial charge in [-0.2, -0.15) is 0 Å². The first-order valence-corrected chi connectivity index (χ1v) is 9.78. The van der Waals surface area contributed by atoms with Gasteiger partial charge in [0.05, 0.1) is 0 Å². The number of amides is 4. The molecule has 0 aromatic heterocycles. The molecule has 0 aromatic carbocycles. The van der Waals surface area contributed by atoms with Gasteiger partial charge in [0, 0.05) is 39.3 Å². The van der Waals surface area contributed by atoms with Gasteiger partial charge >= 0.3 is 12.1 Å². The topological polar surface area (TPSA) is 64.7 Å². The number of hydrogen-bond donors (Lipinski definition) is 2. The summed E-state index contributed by atoms with van der Waals surface area (Å²) in [6.45, 7) is 5.18. The normalized spacial score (nSPS) is 27.3. The van der Waals surface area contributed by atoms with Crippen LogP contribution in [0.5, 0.6) is 0 Å². The van der Waals surface area contributed by atoms with Crippen LogP contribution < -0.4 is 10.6 Å². The van der Waals surface area contributed by atoms with E-state index in [1.807, 2.05) is 9.80 Å². The van der Waals surface area contributed by atoms with Gasteiger partial charge in [-0.15, -0.1) is 0 Å². The minimum absolute atomic E-state index is 0.108. The second-order valence-corrected chi connectivity index (χ2v) is 7.66. The molecule has 6 nitrogen and oxygen atoms in total. The lowest BCUT2D eigenvalue weighted by atomic mass is 9.81. The molecule has 0 bridgehead atoms. The third kappa shape index (κ3) is 4.77. The molecule has 0 radical (unpaired) electrons. The summed E-state index contributed by atoms with van der Waals surface area (Å²) in [7, 11) is 0. The van der Waals surface area contributed by atoms with Crippen molar-refractivity contribution in [1.29, 1.82) is 0 Å². The van der Waals surface area contributed by atoms with Gasteiger partial charge in [-0.25, -0.2) is 9.59 Å². The molecule has 2 saturated heterocycles. The molecule has 136 valence electrons. The first kappa shape index (κ1) is 17.4. The van der Waals surface area contributed by atoms with Crippen molar-refractivity contribution in [3.05, 3.63) is 0 Å². The molecule has 3 rings (SSSR count). The number of carbonyl (C=O) groups excluding carboxylic acids is 2. The smallest absolute Gasteiger partial charge is 0.317 e. The first-order chi connectivity index (χ1) is 11.7. The Hall–Kier alpha value is -1.46. The zero-order chi connectivity index (χ0) is 16.8. The summed E-state index contributed by atoms with van der Waals surface area (Å²) >= 11 is 0. The van der Waals surface area contributed by atoms with Crippen LogP contribution in [0.3, 0.4) is 0 Å². The quantitative estimate of drug-likeness (QED) is 0.828. The highest BCUT2D eigenvalue weighted by Crippen LogP contribution is 2.28. The minimum atomic E-state index is 0.108. The largest absolute Gasteiger partial charge is 0.338 e. The fraction of sp³-hybridized carbons (Fsp3) is 0.889. The zero-order valence-electron chi connectivity index (χ0n) is 14.8. The van der Waals surface area contributed by atoms with E-state index in [-0.39, 0.29) is 12.1 Å². The van der Waals surface area contributed by atoms with Crippen LogP contribution in [-0.2, 0) is 0 Å². The van der Waals surface area contributed by atoms with E-state index in [9.17, 15) is 9.59 Å². The number of urea groups is 2. The maximum atomic E-state index is 12.1. The van der Waals surface area contributed by atoms with E-state index >= 15 is 0 Å². The number of rotatable bonds is 4. The Morgan fingerprint density at radius 3 is 1.54 bits per heavy atom. The highest BCUT2D eigenvalue weighted by atomic mass is 16.2. The lowest BCUT2D eigenvalue weighted by molar-refractivity contribution is 0.195. The molecule has 0 spiro atoms. The first-order valence-electron chi connectivity index (χ1n) is 9.78. The van der Waals surface area contributed by atoms with Crippen molar-refractivity contribution in [2.75, 3.05) is 39.3 Å². The van der Waals surface area contributed by atoms with Crippen molar-refractivity contribution < 1.29 is 9.59 Å². The molecule has 4 amide bonds. The molecule has 0 unspecified atom stereocenters. The summed E-state index contributed by atoms with van der Waals surface area (Å²) in [6, 6.07) is 0.217. The summed E-state index contributed by atoms with van der Waals surface area (Å²) in [4.78, 5) is 28.0. The summed E-state index contributed by atoms with van der Waals surface area (Å²) < 4.78 is 0. The van der Waals surface area contributed by atoms with Crippen LogP contribution in [0.4, 0.5) is 9.59 Å². The van der Waals surface area contributed by atoms with E-state index in [0.29, 0.717) is 11.8 Å². The van der Waals surface area contributed by atoms with Gasteiger partial charge < -0.3 is 20.4 Å². The molecule has 3 fully saturated rings. The van der Waals surface area contributed by atoms with Gasteiger partial charge in [0.1, 0.15) is 0 Å². The lowest BCUT2D eigenvalue weighted by Crippen LogP contribution is -2.43. The van der Waals surface area contributed by atoms with Crippen molar-refractivity contribution in [1.82, 2.24) is 20.4 Å². The minimum Gasteiger partial charge on any atom is -0.338 e. The molecule has 2 heterocycles. The van der Waals surface area contributed by atoms with E-state index in [0.717, 1.165) is 71.4 Å². The van der Waals surface area contributed by atoms with E-state index < -0.39 is 0 Å². The van der Waals surface area contributed by atoms with Crippen molar-refractivity contribution in [3.8, 4) is 0 Å². The predicted octanol–water partition coefficient (Wildman–Crippen LogP) is 2.40. The van der Waals surface area contributed by atoms with Crippen LogP contribution in [-0.4, -0.2) is 61.1 Å². The van der Waals surface area contributed by atoms with Crippen LogP contribution in [0.15, 0.2) is 0 Å². The van der Waals surface area contributed by atoms with Crippen LogP contribution in [0.25, 0.3) is 0 Å². The third-order valence-corrected chi connectivity index (χ3v) is 5.76. The molecule has 3 aliphatic rings. The summed E-state index contributed by atoms with van der Waals surface area (Å²) in [5.74, 6) is 1.11. The number of carbonyl (C=O) groups is 2. The lowest BCUT2D eigenvalue weighted by Gasteiger charge is -2.30. The second-order valence-electron chi connectivity index (χ2n) is 7.66. The average molecular weight is 336 g/mol. The van der Waals surface area contributed by atoms with Crippen molar-refractivity contribution in [2.45, 2.75) is 51.4 Å². The van der Waals surface area contributed by atoms with Gasteiger partial charge in [0.15, 0.2) is 0 Å². The Balaban J connectivity index is 1.34. The van der Waals surface area contributed by atoms with Gasteiger partial charge in [-0.05, 0) is 56.8 Å². The van der Waals surface area contributed by atoms with Crippen molar-refractivity contribution in [3.63, 3.8) is 0 Å². The van der Waals surface area contributed by atoms with Crippen LogP contribution in [0.1, 0.15) is 51.4 Å². The molecular formula is C18H32N4O2. The van der Waals surface area contributed by atoms with Gasteiger partial charge in [-0.1, -0.05) is 6.42 Å². The van der Waals surface area contributed by atoms with Gasteiger partial charge in [0.25, 0.3) is 0 Å². The molecule has 1 saturated carbocycles. The monoisotopic (exact) mass is 336 g/mol. The molecule has 2 N–H and O–H groups in total. The fourth-order valence-electron chi connectivity index (χ4n) is 4.30. The third-order valence-electron chi connectivity index (χ3n) is 5.76. The van der Waals surface area contributed by atoms with E-state index in [4.69, 9.17) is 0 Å². The van der Waals surface area contributed by atoms with Crippen LogP contribution in [0.2, 0.25) is 0 Å². The fourth-order valence-corrected chi connectivity index (χ4v) is 4.30. The highest BCUT2D eigenvalue weighted by molar-refractivity contribution is 5.74. The molecule has 0 aromatic rings. The highest BCUT2D eigenvalue weighted by Gasteiger charge is 2.25. The van der Waals surface area contributed by atoms with Crippen LogP contribution in [0, 0.1) is 11.8 Å². The maximum absolute atomic E-state index is 12.1. The molecular weight excluding hydrogens is 304 g/mol. The van der Waals surface area contributed by atoms with E-state index in [1.54, 1.807) is 0 Å². The predicted molar refractivity (Wildman–Crippen MR) is 93.9 cm³/mol.